The quantitative estimate of drug-likeness (QED) is 0.227. The molecule has 4 aromatic rings. The highest BCUT2D eigenvalue weighted by Crippen LogP contribution is 2.34. The lowest BCUT2D eigenvalue weighted by atomic mass is 10.3. The number of nitrogens with zero attached hydrogens (tertiary/aromatic N) is 4. The number of aryl methyl sites for hydroxylation is 2. The summed E-state index contributed by atoms with van der Waals surface area (Å²) in [5.74, 6) is 1.72. The first kappa shape index (κ1) is 26.5. The number of hydrogen-bond donors (Lipinski definition) is 0. The number of benzene rings is 2. The maximum absolute atomic E-state index is 6.18. The van der Waals surface area contributed by atoms with Crippen LogP contribution in [0, 0.1) is 13.8 Å². The van der Waals surface area contributed by atoms with E-state index in [1.54, 1.807) is 0 Å². The molecule has 2 aromatic heterocycles. The molecule has 0 spiro atoms. The first-order valence-corrected chi connectivity index (χ1v) is 12.8. The van der Waals surface area contributed by atoms with Gasteiger partial charge in [0.05, 0.1) is 30.4 Å². The number of para-hydroxylation sites is 2. The summed E-state index contributed by atoms with van der Waals surface area (Å²) < 4.78 is 1.90. The smallest absolute Gasteiger partial charge is 0.147 e. The Balaban J connectivity index is 0.000000191. The second kappa shape index (κ2) is 12.0. The van der Waals surface area contributed by atoms with Crippen molar-refractivity contribution in [2.75, 3.05) is 23.9 Å². The van der Waals surface area contributed by atoms with Gasteiger partial charge in [-0.3, -0.25) is 0 Å². The predicted molar refractivity (Wildman–Crippen MR) is 152 cm³/mol. The summed E-state index contributed by atoms with van der Waals surface area (Å²) >= 11 is 19.4. The lowest BCUT2D eigenvalue weighted by molar-refractivity contribution is 1.08. The topological polar surface area (TPSA) is 32.3 Å². The summed E-state index contributed by atoms with van der Waals surface area (Å²) in [6.07, 6.45) is 0. The lowest BCUT2D eigenvalue weighted by Crippen LogP contribution is -2.12. The van der Waals surface area contributed by atoms with E-state index < -0.39 is 0 Å². The number of pyridine rings is 2. The van der Waals surface area contributed by atoms with Crippen molar-refractivity contribution in [2.45, 2.75) is 13.8 Å². The van der Waals surface area contributed by atoms with Gasteiger partial charge in [-0.05, 0) is 94.2 Å². The minimum Gasteiger partial charge on any atom is -0.327 e. The summed E-state index contributed by atoms with van der Waals surface area (Å²) in [5, 5.41) is 1.43. The highest BCUT2D eigenvalue weighted by atomic mass is 79.9. The summed E-state index contributed by atoms with van der Waals surface area (Å²) in [6, 6.07) is 23.4. The second-order valence-electron chi connectivity index (χ2n) is 7.54. The van der Waals surface area contributed by atoms with E-state index in [0.29, 0.717) is 10.0 Å². The first-order chi connectivity index (χ1) is 16.2. The predicted octanol–water partition coefficient (Wildman–Crippen LogP) is 9.15. The van der Waals surface area contributed by atoms with Crippen molar-refractivity contribution >= 4 is 78.1 Å². The molecule has 0 radical (unpaired) electrons. The van der Waals surface area contributed by atoms with Crippen molar-refractivity contribution in [1.82, 2.24) is 9.97 Å². The second-order valence-corrected chi connectivity index (χ2v) is 10.1. The minimum absolute atomic E-state index is 0.713. The van der Waals surface area contributed by atoms with E-state index in [-0.39, 0.29) is 0 Å². The molecule has 0 atom stereocenters. The Hall–Kier alpha value is -2.12. The fourth-order valence-corrected chi connectivity index (χ4v) is 4.70. The molecule has 0 bridgehead atoms. The zero-order valence-electron chi connectivity index (χ0n) is 19.2. The van der Waals surface area contributed by atoms with Gasteiger partial charge in [-0.2, -0.15) is 0 Å². The fourth-order valence-electron chi connectivity index (χ4n) is 3.20. The fraction of sp³-hybridized carbons (Fsp3) is 0.154. The van der Waals surface area contributed by atoms with E-state index in [0.717, 1.165) is 43.3 Å². The van der Waals surface area contributed by atoms with Crippen molar-refractivity contribution in [1.29, 1.82) is 0 Å². The van der Waals surface area contributed by atoms with Gasteiger partial charge in [0.2, 0.25) is 0 Å². The number of aromatic nitrogens is 2. The Morgan fingerprint density at radius 1 is 0.588 bits per heavy atom. The van der Waals surface area contributed by atoms with Crippen molar-refractivity contribution in [3.05, 3.63) is 103 Å². The van der Waals surface area contributed by atoms with E-state index in [4.69, 9.17) is 23.2 Å². The summed E-state index contributed by atoms with van der Waals surface area (Å²) in [4.78, 5) is 13.0. The third-order valence-electron chi connectivity index (χ3n) is 5.00. The van der Waals surface area contributed by atoms with Crippen LogP contribution in [0.4, 0.5) is 23.0 Å². The summed E-state index contributed by atoms with van der Waals surface area (Å²) in [7, 11) is 3.90. The van der Waals surface area contributed by atoms with Crippen LogP contribution in [0.1, 0.15) is 11.4 Å². The third-order valence-corrected chi connectivity index (χ3v) is 6.87. The van der Waals surface area contributed by atoms with Crippen LogP contribution in [-0.2, 0) is 0 Å². The summed E-state index contributed by atoms with van der Waals surface area (Å²) in [5.41, 5.74) is 3.82. The van der Waals surface area contributed by atoms with Crippen LogP contribution in [0.25, 0.3) is 0 Å². The van der Waals surface area contributed by atoms with Gasteiger partial charge in [0.15, 0.2) is 0 Å². The molecule has 0 saturated carbocycles. The molecule has 0 fully saturated rings. The van der Waals surface area contributed by atoms with E-state index in [2.05, 4.69) is 41.8 Å². The standard InChI is InChI=1S/2C13H12BrClN2/c2*1-9-7-8-10(14)13(16-9)17(2)12-6-4-3-5-11(12)15/h2*3-8H,1-2H3. The maximum Gasteiger partial charge on any atom is 0.147 e. The van der Waals surface area contributed by atoms with Gasteiger partial charge >= 0.3 is 0 Å². The zero-order valence-corrected chi connectivity index (χ0v) is 23.9. The molecule has 0 amide bonds. The lowest BCUT2D eigenvalue weighted by Gasteiger charge is -2.21. The van der Waals surface area contributed by atoms with Crippen molar-refractivity contribution in [2.24, 2.45) is 0 Å². The normalized spacial score (nSPS) is 10.4. The van der Waals surface area contributed by atoms with Gasteiger partial charge < -0.3 is 9.80 Å². The van der Waals surface area contributed by atoms with E-state index in [1.807, 2.05) is 111 Å². The molecular weight excluding hydrogens is 599 g/mol. The SMILES string of the molecule is Cc1ccc(Br)c(N(C)c2ccccc2Cl)n1.Cc1ccc(Br)c(N(C)c2ccccc2Cl)n1. The Kier molecular flexibility index (Phi) is 9.37. The van der Waals surface area contributed by atoms with Gasteiger partial charge in [-0.1, -0.05) is 47.5 Å². The molecule has 4 nitrogen and oxygen atoms in total. The molecule has 8 heteroatoms. The molecule has 34 heavy (non-hydrogen) atoms. The Bertz CT molecular complexity index is 1180. The minimum atomic E-state index is 0.713. The van der Waals surface area contributed by atoms with Crippen LogP contribution in [0.2, 0.25) is 10.0 Å². The van der Waals surface area contributed by atoms with Crippen LogP contribution in [0.15, 0.2) is 81.7 Å². The number of rotatable bonds is 4. The average Bonchev–Trinajstić information content (AvgIpc) is 2.82. The van der Waals surface area contributed by atoms with Gasteiger partial charge in [-0.15, -0.1) is 0 Å². The van der Waals surface area contributed by atoms with Crippen molar-refractivity contribution in [3.8, 4) is 0 Å². The van der Waals surface area contributed by atoms with Gasteiger partial charge in [0, 0.05) is 25.5 Å². The number of halogens is 4. The van der Waals surface area contributed by atoms with Crippen LogP contribution in [-0.4, -0.2) is 24.1 Å². The van der Waals surface area contributed by atoms with Crippen molar-refractivity contribution < 1.29 is 0 Å². The molecule has 0 aliphatic rings. The van der Waals surface area contributed by atoms with Gasteiger partial charge in [0.25, 0.3) is 0 Å². The molecule has 176 valence electrons. The molecular formula is C26H24Br2Cl2N4. The monoisotopic (exact) mass is 620 g/mol. The average molecular weight is 623 g/mol. The van der Waals surface area contributed by atoms with Crippen LogP contribution < -0.4 is 9.80 Å². The van der Waals surface area contributed by atoms with Crippen LogP contribution in [0.5, 0.6) is 0 Å². The van der Waals surface area contributed by atoms with E-state index >= 15 is 0 Å². The van der Waals surface area contributed by atoms with E-state index in [1.165, 1.54) is 0 Å². The van der Waals surface area contributed by atoms with Crippen LogP contribution >= 0.6 is 55.1 Å². The van der Waals surface area contributed by atoms with Gasteiger partial charge in [-0.25, -0.2) is 9.97 Å². The summed E-state index contributed by atoms with van der Waals surface area (Å²) in [6.45, 7) is 3.94. The third kappa shape index (κ3) is 6.51. The van der Waals surface area contributed by atoms with Crippen LogP contribution in [0.3, 0.4) is 0 Å². The molecule has 0 saturated heterocycles. The molecule has 2 heterocycles. The molecule has 0 N–H and O–H groups in total. The molecule has 0 unspecified atom stereocenters. The molecule has 2 aromatic carbocycles. The highest BCUT2D eigenvalue weighted by molar-refractivity contribution is 9.11. The van der Waals surface area contributed by atoms with Gasteiger partial charge in [0.1, 0.15) is 11.6 Å². The Labute approximate surface area is 227 Å². The van der Waals surface area contributed by atoms with Crippen molar-refractivity contribution in [3.63, 3.8) is 0 Å². The highest BCUT2D eigenvalue weighted by Gasteiger charge is 2.13. The number of anilines is 4. The largest absolute Gasteiger partial charge is 0.327 e. The molecule has 0 aliphatic carbocycles. The molecule has 0 aliphatic heterocycles. The number of hydrogen-bond acceptors (Lipinski definition) is 4. The maximum atomic E-state index is 6.18. The zero-order chi connectivity index (χ0) is 24.8. The van der Waals surface area contributed by atoms with E-state index in [9.17, 15) is 0 Å². The molecule has 4 rings (SSSR count). The Morgan fingerprint density at radius 2 is 0.941 bits per heavy atom. The Morgan fingerprint density at radius 3 is 1.29 bits per heavy atom. The first-order valence-electron chi connectivity index (χ1n) is 10.4.